The molecule has 0 saturated carbocycles. The van der Waals surface area contributed by atoms with Crippen molar-refractivity contribution in [3.8, 4) is 5.75 Å². The third-order valence-electron chi connectivity index (χ3n) is 2.61. The fourth-order valence-corrected chi connectivity index (χ4v) is 1.67. The van der Waals surface area contributed by atoms with E-state index >= 15 is 0 Å². The Hall–Kier alpha value is -0.900. The van der Waals surface area contributed by atoms with Gasteiger partial charge in [-0.25, -0.2) is 0 Å². The first-order valence-electron chi connectivity index (χ1n) is 5.77. The van der Waals surface area contributed by atoms with Gasteiger partial charge < -0.3 is 4.74 Å². The van der Waals surface area contributed by atoms with E-state index in [1.807, 2.05) is 13.8 Å². The summed E-state index contributed by atoms with van der Waals surface area (Å²) in [5.41, 5.74) is 0.529. The van der Waals surface area contributed by atoms with Crippen molar-refractivity contribution < 1.29 is 17.9 Å². The molecule has 5 heteroatoms. The van der Waals surface area contributed by atoms with Crippen LogP contribution in [-0.4, -0.2) is 11.7 Å². The number of rotatable bonds is 5. The molecule has 1 aromatic carbocycles. The van der Waals surface area contributed by atoms with Crippen LogP contribution in [0.4, 0.5) is 13.2 Å². The second-order valence-corrected chi connectivity index (χ2v) is 5.01. The van der Waals surface area contributed by atoms with Gasteiger partial charge in [-0.05, 0) is 30.4 Å². The second kappa shape index (κ2) is 6.32. The van der Waals surface area contributed by atoms with Gasteiger partial charge in [0.25, 0.3) is 0 Å². The first-order chi connectivity index (χ1) is 8.29. The van der Waals surface area contributed by atoms with Gasteiger partial charge in [0, 0.05) is 5.38 Å². The Morgan fingerprint density at radius 2 is 1.83 bits per heavy atom. The predicted molar refractivity (Wildman–Crippen MR) is 65.9 cm³/mol. The molecule has 0 amide bonds. The maximum absolute atomic E-state index is 12.2. The fraction of sp³-hybridized carbons (Fsp3) is 0.538. The quantitative estimate of drug-likeness (QED) is 0.705. The zero-order valence-electron chi connectivity index (χ0n) is 10.3. The molecule has 1 atom stereocenters. The Labute approximate surface area is 110 Å². The van der Waals surface area contributed by atoms with Crippen LogP contribution in [0.2, 0.25) is 0 Å². The highest BCUT2D eigenvalue weighted by molar-refractivity contribution is 6.20. The van der Waals surface area contributed by atoms with Gasteiger partial charge in [-0.3, -0.25) is 0 Å². The van der Waals surface area contributed by atoms with E-state index in [-0.39, 0.29) is 11.1 Å². The number of alkyl halides is 4. The lowest BCUT2D eigenvalue weighted by atomic mass is 10.0. The average Bonchev–Trinajstić information content (AvgIpc) is 2.25. The summed E-state index contributed by atoms with van der Waals surface area (Å²) in [6, 6.07) is 6.16. The van der Waals surface area contributed by atoms with Gasteiger partial charge >= 0.3 is 6.36 Å². The lowest BCUT2D eigenvalue weighted by molar-refractivity contribution is -0.274. The zero-order chi connectivity index (χ0) is 13.8. The number of halogens is 4. The predicted octanol–water partition coefficient (Wildman–Crippen LogP) is 4.78. The van der Waals surface area contributed by atoms with E-state index in [9.17, 15) is 13.2 Å². The minimum absolute atomic E-state index is 0.0519. The van der Waals surface area contributed by atoms with Crippen molar-refractivity contribution in [2.45, 2.75) is 38.4 Å². The molecule has 1 aromatic rings. The minimum atomic E-state index is -4.66. The van der Waals surface area contributed by atoms with Crippen molar-refractivity contribution in [3.63, 3.8) is 0 Å². The Kier molecular flexibility index (Phi) is 5.32. The molecule has 1 unspecified atom stereocenters. The summed E-state index contributed by atoms with van der Waals surface area (Å²) in [5, 5.41) is -0.0519. The molecular weight excluding hydrogens is 265 g/mol. The van der Waals surface area contributed by atoms with Crippen LogP contribution in [0.1, 0.15) is 25.8 Å². The van der Waals surface area contributed by atoms with Gasteiger partial charge in [0.2, 0.25) is 0 Å². The summed E-state index contributed by atoms with van der Waals surface area (Å²) >= 11 is 6.09. The van der Waals surface area contributed by atoms with Gasteiger partial charge in [-0.15, -0.1) is 24.8 Å². The largest absolute Gasteiger partial charge is 0.573 e. The Morgan fingerprint density at radius 3 is 2.39 bits per heavy atom. The third kappa shape index (κ3) is 5.17. The van der Waals surface area contributed by atoms with E-state index in [1.165, 1.54) is 12.1 Å². The molecule has 0 bridgehead atoms. The standard InChI is InChI=1S/C13H16ClF3O/c1-9(2)11(14)8-7-10-5-3-4-6-12(10)18-13(15,16)17/h3-6,9,11H,7-8H2,1-2H3. The normalized spacial score (nSPS) is 13.7. The first-order valence-corrected chi connectivity index (χ1v) is 6.21. The Morgan fingerprint density at radius 1 is 1.22 bits per heavy atom. The van der Waals surface area contributed by atoms with Crippen molar-refractivity contribution in [3.05, 3.63) is 29.8 Å². The van der Waals surface area contributed by atoms with Crippen molar-refractivity contribution in [1.82, 2.24) is 0 Å². The highest BCUT2D eigenvalue weighted by Gasteiger charge is 2.31. The maximum Gasteiger partial charge on any atom is 0.573 e. The lowest BCUT2D eigenvalue weighted by Gasteiger charge is -2.16. The molecule has 0 aliphatic heterocycles. The summed E-state index contributed by atoms with van der Waals surface area (Å²) < 4.78 is 40.6. The van der Waals surface area contributed by atoms with E-state index in [4.69, 9.17) is 11.6 Å². The second-order valence-electron chi connectivity index (χ2n) is 4.45. The van der Waals surface area contributed by atoms with E-state index in [1.54, 1.807) is 12.1 Å². The maximum atomic E-state index is 12.2. The number of benzene rings is 1. The van der Waals surface area contributed by atoms with Crippen molar-refractivity contribution in [2.75, 3.05) is 0 Å². The topological polar surface area (TPSA) is 9.23 Å². The Balaban J connectivity index is 2.71. The number of aryl methyl sites for hydroxylation is 1. The van der Waals surface area contributed by atoms with Gasteiger partial charge in [-0.2, -0.15) is 0 Å². The van der Waals surface area contributed by atoms with E-state index in [2.05, 4.69) is 4.74 Å². The molecule has 0 aromatic heterocycles. The molecule has 0 fully saturated rings. The van der Waals surface area contributed by atoms with Crippen LogP contribution in [0.15, 0.2) is 24.3 Å². The summed E-state index contributed by atoms with van der Waals surface area (Å²) in [6.45, 7) is 3.96. The van der Waals surface area contributed by atoms with E-state index < -0.39 is 6.36 Å². The molecule has 1 rings (SSSR count). The molecule has 18 heavy (non-hydrogen) atoms. The summed E-state index contributed by atoms with van der Waals surface area (Å²) in [7, 11) is 0. The van der Waals surface area contributed by atoms with Crippen molar-refractivity contribution in [1.29, 1.82) is 0 Å². The van der Waals surface area contributed by atoms with Crippen LogP contribution in [0.3, 0.4) is 0 Å². The van der Waals surface area contributed by atoms with Crippen LogP contribution in [0, 0.1) is 5.92 Å². The lowest BCUT2D eigenvalue weighted by Crippen LogP contribution is -2.18. The number of hydrogen-bond donors (Lipinski definition) is 0. The van der Waals surface area contributed by atoms with Crippen LogP contribution in [-0.2, 0) is 6.42 Å². The number of para-hydroxylation sites is 1. The third-order valence-corrected chi connectivity index (χ3v) is 3.33. The molecular formula is C13H16ClF3O. The highest BCUT2D eigenvalue weighted by Crippen LogP contribution is 2.28. The van der Waals surface area contributed by atoms with Gasteiger partial charge in [-0.1, -0.05) is 32.0 Å². The summed E-state index contributed by atoms with van der Waals surface area (Å²) in [5.74, 6) is 0.153. The number of ether oxygens (including phenoxy) is 1. The van der Waals surface area contributed by atoms with Crippen LogP contribution < -0.4 is 4.74 Å². The van der Waals surface area contributed by atoms with Crippen LogP contribution >= 0.6 is 11.6 Å². The Bertz CT molecular complexity index is 377. The van der Waals surface area contributed by atoms with Gasteiger partial charge in [0.05, 0.1) is 0 Å². The summed E-state index contributed by atoms with van der Waals surface area (Å²) in [6.07, 6.45) is -3.56. The monoisotopic (exact) mass is 280 g/mol. The molecule has 0 spiro atoms. The van der Waals surface area contributed by atoms with Crippen molar-refractivity contribution >= 4 is 11.6 Å². The molecule has 1 nitrogen and oxygen atoms in total. The highest BCUT2D eigenvalue weighted by atomic mass is 35.5. The number of hydrogen-bond acceptors (Lipinski definition) is 1. The molecule has 0 N–H and O–H groups in total. The summed E-state index contributed by atoms with van der Waals surface area (Å²) in [4.78, 5) is 0. The molecule has 0 radical (unpaired) electrons. The minimum Gasteiger partial charge on any atom is -0.406 e. The molecule has 0 heterocycles. The average molecular weight is 281 g/mol. The smallest absolute Gasteiger partial charge is 0.406 e. The fourth-order valence-electron chi connectivity index (χ4n) is 1.56. The zero-order valence-corrected chi connectivity index (χ0v) is 11.1. The SMILES string of the molecule is CC(C)C(Cl)CCc1ccccc1OC(F)(F)F. The van der Waals surface area contributed by atoms with E-state index in [0.717, 1.165) is 0 Å². The van der Waals surface area contributed by atoms with Crippen LogP contribution in [0.25, 0.3) is 0 Å². The van der Waals surface area contributed by atoms with Crippen LogP contribution in [0.5, 0.6) is 5.75 Å². The van der Waals surface area contributed by atoms with Gasteiger partial charge in [0.15, 0.2) is 0 Å². The molecule has 102 valence electrons. The molecule has 0 saturated heterocycles. The van der Waals surface area contributed by atoms with Crippen molar-refractivity contribution in [2.24, 2.45) is 5.92 Å². The van der Waals surface area contributed by atoms with Gasteiger partial charge in [0.1, 0.15) is 5.75 Å². The van der Waals surface area contributed by atoms with E-state index in [0.29, 0.717) is 24.3 Å². The molecule has 0 aliphatic carbocycles. The molecule has 0 aliphatic rings. The first kappa shape index (κ1) is 15.2.